The number of ether oxygens (including phenoxy) is 1. The van der Waals surface area contributed by atoms with Gasteiger partial charge in [0, 0.05) is 17.5 Å². The number of nitrogens with one attached hydrogen (secondary N) is 1. The number of hydrogen-bond acceptors (Lipinski definition) is 5. The molecule has 1 aromatic carbocycles. The molecule has 1 N–H and O–H groups in total. The molecule has 0 saturated carbocycles. The average Bonchev–Trinajstić information content (AvgIpc) is 2.97. The highest BCUT2D eigenvalue weighted by atomic mass is 19.1. The Balaban J connectivity index is 1.85. The summed E-state index contributed by atoms with van der Waals surface area (Å²) in [5, 5.41) is 4.45. The number of carbonyl (C=O) groups excluding carboxylic acids is 1. The van der Waals surface area contributed by atoms with E-state index in [0.29, 0.717) is 12.3 Å². The van der Waals surface area contributed by atoms with Crippen molar-refractivity contribution in [3.63, 3.8) is 0 Å². The summed E-state index contributed by atoms with van der Waals surface area (Å²) < 4.78 is 23.9. The molecule has 1 aliphatic rings. The quantitative estimate of drug-likeness (QED) is 0.643. The Morgan fingerprint density at radius 1 is 1.32 bits per heavy atom. The number of aryl methyl sites for hydroxylation is 1. The standard InChI is InChI=1S/C19H21FN2O3/c1-3-11-24-19(23)18-12(2)17-15(5-4-6-16(17)25-18)22-21-14-9-7-13(20)8-10-14/h7-10,21H,3-6,11H2,1-2H3/b22-15+. The van der Waals surface area contributed by atoms with Crippen molar-refractivity contribution in [2.24, 2.45) is 5.10 Å². The first-order valence-corrected chi connectivity index (χ1v) is 8.48. The lowest BCUT2D eigenvalue weighted by Crippen LogP contribution is -2.13. The minimum Gasteiger partial charge on any atom is -0.460 e. The summed E-state index contributed by atoms with van der Waals surface area (Å²) in [6, 6.07) is 6.00. The lowest BCUT2D eigenvalue weighted by atomic mass is 9.93. The molecule has 2 aromatic rings. The number of halogens is 1. The third-order valence-electron chi connectivity index (χ3n) is 4.11. The number of fused-ring (bicyclic) bond motifs is 1. The first-order chi connectivity index (χ1) is 12.1. The molecule has 25 heavy (non-hydrogen) atoms. The van der Waals surface area contributed by atoms with Gasteiger partial charge < -0.3 is 9.15 Å². The number of furan rings is 1. The first kappa shape index (κ1) is 17.2. The van der Waals surface area contributed by atoms with Crippen LogP contribution < -0.4 is 5.43 Å². The van der Waals surface area contributed by atoms with E-state index in [2.05, 4.69) is 10.5 Å². The molecular formula is C19H21FN2O3. The molecule has 0 atom stereocenters. The van der Waals surface area contributed by atoms with Gasteiger partial charge in [-0.3, -0.25) is 5.43 Å². The second-order valence-corrected chi connectivity index (χ2v) is 6.02. The summed E-state index contributed by atoms with van der Waals surface area (Å²) in [5.41, 5.74) is 6.12. The van der Waals surface area contributed by atoms with Crippen molar-refractivity contribution in [3.05, 3.63) is 52.7 Å². The number of hydrogen-bond donors (Lipinski definition) is 1. The normalized spacial score (nSPS) is 15.1. The monoisotopic (exact) mass is 344 g/mol. The van der Waals surface area contributed by atoms with E-state index in [-0.39, 0.29) is 11.6 Å². The number of esters is 1. The van der Waals surface area contributed by atoms with E-state index in [4.69, 9.17) is 9.15 Å². The minimum atomic E-state index is -0.431. The largest absolute Gasteiger partial charge is 0.460 e. The van der Waals surface area contributed by atoms with Gasteiger partial charge in [-0.05, 0) is 50.5 Å². The number of anilines is 1. The second kappa shape index (κ2) is 7.51. The maximum Gasteiger partial charge on any atom is 0.374 e. The third kappa shape index (κ3) is 3.73. The van der Waals surface area contributed by atoms with Gasteiger partial charge in [0.05, 0.1) is 18.0 Å². The Morgan fingerprint density at radius 2 is 2.08 bits per heavy atom. The lowest BCUT2D eigenvalue weighted by Gasteiger charge is -2.13. The summed E-state index contributed by atoms with van der Waals surface area (Å²) in [6.07, 6.45) is 3.21. The van der Waals surface area contributed by atoms with Crippen LogP contribution in [0.1, 0.15) is 53.6 Å². The van der Waals surface area contributed by atoms with Gasteiger partial charge in [-0.1, -0.05) is 6.92 Å². The van der Waals surface area contributed by atoms with Gasteiger partial charge in [0.2, 0.25) is 5.76 Å². The summed E-state index contributed by atoms with van der Waals surface area (Å²) in [4.78, 5) is 12.2. The summed E-state index contributed by atoms with van der Waals surface area (Å²) >= 11 is 0. The molecule has 1 heterocycles. The SMILES string of the molecule is CCCOC(=O)c1oc2c(c1C)/C(=N/Nc1ccc(F)cc1)CCC2. The summed E-state index contributed by atoms with van der Waals surface area (Å²) in [6.45, 7) is 4.17. The van der Waals surface area contributed by atoms with Gasteiger partial charge in [-0.15, -0.1) is 0 Å². The van der Waals surface area contributed by atoms with E-state index in [9.17, 15) is 9.18 Å². The van der Waals surface area contributed by atoms with Crippen molar-refractivity contribution in [1.29, 1.82) is 0 Å². The van der Waals surface area contributed by atoms with Crippen molar-refractivity contribution in [2.45, 2.75) is 39.5 Å². The van der Waals surface area contributed by atoms with Gasteiger partial charge in [0.25, 0.3) is 0 Å². The molecule has 0 bridgehead atoms. The van der Waals surface area contributed by atoms with Crippen LogP contribution in [0.15, 0.2) is 33.8 Å². The third-order valence-corrected chi connectivity index (χ3v) is 4.11. The number of hydrazone groups is 1. The Labute approximate surface area is 145 Å². The number of rotatable bonds is 5. The van der Waals surface area contributed by atoms with Crippen molar-refractivity contribution < 1.29 is 18.3 Å². The Kier molecular flexibility index (Phi) is 5.16. The molecule has 5 nitrogen and oxygen atoms in total. The summed E-state index contributed by atoms with van der Waals surface area (Å²) in [5.74, 6) is 0.306. The van der Waals surface area contributed by atoms with Gasteiger partial charge >= 0.3 is 5.97 Å². The lowest BCUT2D eigenvalue weighted by molar-refractivity contribution is 0.0465. The van der Waals surface area contributed by atoms with E-state index in [1.807, 2.05) is 13.8 Å². The Hall–Kier alpha value is -2.63. The van der Waals surface area contributed by atoms with Crippen LogP contribution >= 0.6 is 0 Å². The Morgan fingerprint density at radius 3 is 2.80 bits per heavy atom. The van der Waals surface area contributed by atoms with Crippen LogP contribution in [0.2, 0.25) is 0 Å². The van der Waals surface area contributed by atoms with E-state index in [0.717, 1.165) is 48.3 Å². The molecular weight excluding hydrogens is 323 g/mol. The van der Waals surface area contributed by atoms with E-state index in [1.54, 1.807) is 12.1 Å². The van der Waals surface area contributed by atoms with E-state index < -0.39 is 5.97 Å². The van der Waals surface area contributed by atoms with Gasteiger partial charge in [0.1, 0.15) is 11.6 Å². The molecule has 0 amide bonds. The maximum absolute atomic E-state index is 13.0. The van der Waals surface area contributed by atoms with Crippen molar-refractivity contribution in [2.75, 3.05) is 12.0 Å². The molecule has 1 aromatic heterocycles. The highest BCUT2D eigenvalue weighted by molar-refractivity contribution is 6.06. The highest BCUT2D eigenvalue weighted by Crippen LogP contribution is 2.30. The van der Waals surface area contributed by atoms with Crippen LogP contribution in [-0.2, 0) is 11.2 Å². The fourth-order valence-electron chi connectivity index (χ4n) is 2.89. The first-order valence-electron chi connectivity index (χ1n) is 8.48. The van der Waals surface area contributed by atoms with Crippen LogP contribution in [0.25, 0.3) is 0 Å². The fraction of sp³-hybridized carbons (Fsp3) is 0.368. The molecule has 0 fully saturated rings. The zero-order valence-electron chi connectivity index (χ0n) is 14.4. The molecule has 6 heteroatoms. The molecule has 0 aliphatic heterocycles. The molecule has 0 spiro atoms. The zero-order chi connectivity index (χ0) is 17.8. The number of nitrogens with zero attached hydrogens (tertiary/aromatic N) is 1. The van der Waals surface area contributed by atoms with Gasteiger partial charge in [-0.25, -0.2) is 9.18 Å². The molecule has 1 aliphatic carbocycles. The van der Waals surface area contributed by atoms with Crippen molar-refractivity contribution in [1.82, 2.24) is 0 Å². The van der Waals surface area contributed by atoms with Crippen LogP contribution in [0.5, 0.6) is 0 Å². The average molecular weight is 344 g/mol. The molecule has 132 valence electrons. The summed E-state index contributed by atoms with van der Waals surface area (Å²) in [7, 11) is 0. The number of carbonyl (C=O) groups is 1. The van der Waals surface area contributed by atoms with E-state index >= 15 is 0 Å². The Bertz CT molecular complexity index is 794. The predicted molar refractivity (Wildman–Crippen MR) is 93.5 cm³/mol. The van der Waals surface area contributed by atoms with Crippen LogP contribution in [-0.4, -0.2) is 18.3 Å². The molecule has 3 rings (SSSR count). The van der Waals surface area contributed by atoms with Crippen LogP contribution in [0.4, 0.5) is 10.1 Å². The maximum atomic E-state index is 13.0. The molecule has 0 saturated heterocycles. The minimum absolute atomic E-state index is 0.259. The van der Waals surface area contributed by atoms with Gasteiger partial charge in [0.15, 0.2) is 0 Å². The highest BCUT2D eigenvalue weighted by Gasteiger charge is 2.28. The fourth-order valence-corrected chi connectivity index (χ4v) is 2.89. The van der Waals surface area contributed by atoms with E-state index in [1.165, 1.54) is 12.1 Å². The number of benzene rings is 1. The zero-order valence-corrected chi connectivity index (χ0v) is 14.4. The second-order valence-electron chi connectivity index (χ2n) is 6.02. The van der Waals surface area contributed by atoms with Crippen LogP contribution in [0, 0.1) is 12.7 Å². The van der Waals surface area contributed by atoms with Gasteiger partial charge in [-0.2, -0.15) is 5.10 Å². The smallest absolute Gasteiger partial charge is 0.374 e. The van der Waals surface area contributed by atoms with Crippen LogP contribution in [0.3, 0.4) is 0 Å². The topological polar surface area (TPSA) is 63.8 Å². The molecule has 0 unspecified atom stereocenters. The van der Waals surface area contributed by atoms with Crippen molar-refractivity contribution in [3.8, 4) is 0 Å². The predicted octanol–water partition coefficient (Wildman–Crippen LogP) is 4.45. The molecule has 0 radical (unpaired) electrons. The van der Waals surface area contributed by atoms with Crippen molar-refractivity contribution >= 4 is 17.4 Å².